The molecule has 0 aromatic heterocycles. The highest BCUT2D eigenvalue weighted by Gasteiger charge is 2.08. The zero-order valence-corrected chi connectivity index (χ0v) is 14.1. The van der Waals surface area contributed by atoms with Crippen LogP contribution in [0.1, 0.15) is 25.3 Å². The van der Waals surface area contributed by atoms with E-state index in [1.165, 1.54) is 0 Å². The van der Waals surface area contributed by atoms with Crippen LogP contribution in [0.15, 0.2) is 18.2 Å². The highest BCUT2D eigenvalue weighted by molar-refractivity contribution is 6.32. The first-order valence-electron chi connectivity index (χ1n) is 6.96. The summed E-state index contributed by atoms with van der Waals surface area (Å²) in [7, 11) is 0. The van der Waals surface area contributed by atoms with Crippen molar-refractivity contribution in [3.8, 4) is 5.75 Å². The lowest BCUT2D eigenvalue weighted by molar-refractivity contribution is 0.297. The Balaban J connectivity index is 2.60. The fourth-order valence-corrected chi connectivity index (χ4v) is 2.59. The molecule has 0 unspecified atom stereocenters. The van der Waals surface area contributed by atoms with E-state index in [0.29, 0.717) is 23.4 Å². The fraction of sp³-hybridized carbons (Fsp3) is 0.600. The van der Waals surface area contributed by atoms with Gasteiger partial charge in [0.2, 0.25) is 0 Å². The van der Waals surface area contributed by atoms with E-state index in [-0.39, 0.29) is 0 Å². The zero-order valence-electron chi connectivity index (χ0n) is 11.9. The number of alkyl halides is 2. The van der Waals surface area contributed by atoms with E-state index in [9.17, 15) is 0 Å². The largest absolute Gasteiger partial charge is 0.492 e. The Hall–Kier alpha value is -0.150. The highest BCUT2D eigenvalue weighted by Crippen LogP contribution is 2.26. The van der Waals surface area contributed by atoms with E-state index in [0.717, 1.165) is 43.8 Å². The summed E-state index contributed by atoms with van der Waals surface area (Å²) in [6.45, 7) is 5.28. The average molecular weight is 339 g/mol. The summed E-state index contributed by atoms with van der Waals surface area (Å²) in [5.41, 5.74) is 1.15. The molecule has 5 heteroatoms. The first kappa shape index (κ1) is 17.9. The van der Waals surface area contributed by atoms with Gasteiger partial charge in [0.25, 0.3) is 0 Å². The van der Waals surface area contributed by atoms with Crippen LogP contribution in [0.3, 0.4) is 0 Å². The van der Waals surface area contributed by atoms with Crippen molar-refractivity contribution < 1.29 is 4.74 Å². The Labute approximate surface area is 136 Å². The normalized spacial score (nSPS) is 11.1. The molecular formula is C15H22Cl3NO. The minimum Gasteiger partial charge on any atom is -0.492 e. The van der Waals surface area contributed by atoms with Crippen LogP contribution in [-0.2, 0) is 6.54 Å². The fourth-order valence-electron chi connectivity index (χ4n) is 1.85. The van der Waals surface area contributed by atoms with E-state index in [4.69, 9.17) is 39.5 Å². The molecule has 0 radical (unpaired) electrons. The number of nitrogens with zero attached hydrogens (tertiary/aromatic N) is 1. The van der Waals surface area contributed by atoms with Crippen molar-refractivity contribution >= 4 is 34.8 Å². The van der Waals surface area contributed by atoms with Crippen LogP contribution >= 0.6 is 34.8 Å². The Bertz CT molecular complexity index is 381. The smallest absolute Gasteiger partial charge is 0.137 e. The maximum Gasteiger partial charge on any atom is 0.137 e. The third kappa shape index (κ3) is 6.53. The Morgan fingerprint density at radius 3 is 2.40 bits per heavy atom. The van der Waals surface area contributed by atoms with Crippen LogP contribution in [0.5, 0.6) is 5.75 Å². The molecule has 0 amide bonds. The standard InChI is InChI=1S/C15H22Cl3NO/c1-2-3-10-20-15-5-4-13(11-14(15)18)12-19(8-6-16)9-7-17/h4-5,11H,2-3,6-10,12H2,1H3. The SMILES string of the molecule is CCCCOc1ccc(CN(CCCl)CCCl)cc1Cl. The van der Waals surface area contributed by atoms with E-state index in [2.05, 4.69) is 11.8 Å². The van der Waals surface area contributed by atoms with Crippen LogP contribution < -0.4 is 4.74 Å². The van der Waals surface area contributed by atoms with Gasteiger partial charge in [-0.05, 0) is 24.1 Å². The molecule has 1 rings (SSSR count). The van der Waals surface area contributed by atoms with Crippen molar-refractivity contribution in [1.29, 1.82) is 0 Å². The molecule has 0 N–H and O–H groups in total. The van der Waals surface area contributed by atoms with Gasteiger partial charge in [0, 0.05) is 31.4 Å². The molecule has 0 aliphatic carbocycles. The molecule has 0 fully saturated rings. The Morgan fingerprint density at radius 2 is 1.85 bits per heavy atom. The Morgan fingerprint density at radius 1 is 1.15 bits per heavy atom. The number of rotatable bonds is 10. The number of unbranched alkanes of at least 4 members (excludes halogenated alkanes) is 1. The van der Waals surface area contributed by atoms with Gasteiger partial charge < -0.3 is 4.74 Å². The van der Waals surface area contributed by atoms with Gasteiger partial charge in [-0.3, -0.25) is 4.90 Å². The van der Waals surface area contributed by atoms with Crippen LogP contribution in [0.2, 0.25) is 5.02 Å². The van der Waals surface area contributed by atoms with Crippen LogP contribution in [0.25, 0.3) is 0 Å². The molecule has 0 bridgehead atoms. The van der Waals surface area contributed by atoms with Crippen molar-refractivity contribution in [3.63, 3.8) is 0 Å². The van der Waals surface area contributed by atoms with Gasteiger partial charge in [0.1, 0.15) is 5.75 Å². The predicted molar refractivity (Wildman–Crippen MR) is 88.6 cm³/mol. The third-order valence-corrected chi connectivity index (χ3v) is 3.59. The van der Waals surface area contributed by atoms with Gasteiger partial charge in [0.15, 0.2) is 0 Å². The summed E-state index contributed by atoms with van der Waals surface area (Å²) < 4.78 is 5.64. The average Bonchev–Trinajstić information content (AvgIpc) is 2.42. The van der Waals surface area contributed by atoms with Gasteiger partial charge in [-0.2, -0.15) is 0 Å². The molecule has 2 nitrogen and oxygen atoms in total. The molecule has 114 valence electrons. The second-order valence-corrected chi connectivity index (χ2v) is 5.78. The third-order valence-electron chi connectivity index (χ3n) is 2.96. The second-order valence-electron chi connectivity index (χ2n) is 4.62. The first-order chi connectivity index (χ1) is 9.71. The van der Waals surface area contributed by atoms with E-state index in [1.807, 2.05) is 18.2 Å². The zero-order chi connectivity index (χ0) is 14.8. The van der Waals surface area contributed by atoms with E-state index >= 15 is 0 Å². The lowest BCUT2D eigenvalue weighted by atomic mass is 10.2. The van der Waals surface area contributed by atoms with E-state index < -0.39 is 0 Å². The summed E-state index contributed by atoms with van der Waals surface area (Å²) >= 11 is 17.8. The quantitative estimate of drug-likeness (QED) is 0.449. The van der Waals surface area contributed by atoms with Gasteiger partial charge in [-0.25, -0.2) is 0 Å². The van der Waals surface area contributed by atoms with Crippen molar-refractivity contribution in [3.05, 3.63) is 28.8 Å². The summed E-state index contributed by atoms with van der Waals surface area (Å²) in [6, 6.07) is 5.94. The monoisotopic (exact) mass is 337 g/mol. The number of benzene rings is 1. The molecule has 0 saturated carbocycles. The van der Waals surface area contributed by atoms with Crippen molar-refractivity contribution in [2.24, 2.45) is 0 Å². The van der Waals surface area contributed by atoms with Crippen LogP contribution in [0.4, 0.5) is 0 Å². The lowest BCUT2D eigenvalue weighted by Crippen LogP contribution is -2.27. The molecule has 0 spiro atoms. The summed E-state index contributed by atoms with van der Waals surface area (Å²) in [6.07, 6.45) is 2.15. The molecular weight excluding hydrogens is 317 g/mol. The molecule has 1 aromatic carbocycles. The van der Waals surface area contributed by atoms with Crippen molar-refractivity contribution in [2.45, 2.75) is 26.3 Å². The number of halogens is 3. The topological polar surface area (TPSA) is 12.5 Å². The van der Waals surface area contributed by atoms with Crippen molar-refractivity contribution in [2.75, 3.05) is 31.5 Å². The molecule has 0 aliphatic rings. The molecule has 0 aliphatic heterocycles. The van der Waals surface area contributed by atoms with Crippen LogP contribution in [-0.4, -0.2) is 36.4 Å². The first-order valence-corrected chi connectivity index (χ1v) is 8.41. The summed E-state index contributed by atoms with van der Waals surface area (Å²) in [4.78, 5) is 2.21. The maximum absolute atomic E-state index is 6.25. The highest BCUT2D eigenvalue weighted by atomic mass is 35.5. The molecule has 0 heterocycles. The minimum atomic E-state index is 0.600. The molecule has 0 saturated heterocycles. The van der Waals surface area contributed by atoms with Gasteiger partial charge in [-0.1, -0.05) is 31.0 Å². The lowest BCUT2D eigenvalue weighted by Gasteiger charge is -2.20. The minimum absolute atomic E-state index is 0.600. The second kappa shape index (κ2) is 10.6. The number of hydrogen-bond acceptors (Lipinski definition) is 2. The Kier molecular flexibility index (Phi) is 9.45. The van der Waals surface area contributed by atoms with E-state index in [1.54, 1.807) is 0 Å². The van der Waals surface area contributed by atoms with Crippen LogP contribution in [0, 0.1) is 0 Å². The van der Waals surface area contributed by atoms with Gasteiger partial charge >= 0.3 is 0 Å². The molecule has 1 aromatic rings. The summed E-state index contributed by atoms with van der Waals surface area (Å²) in [5, 5.41) is 0.662. The maximum atomic E-state index is 6.25. The number of hydrogen-bond donors (Lipinski definition) is 0. The predicted octanol–water partition coefficient (Wildman–Crippen LogP) is 4.80. The molecule has 20 heavy (non-hydrogen) atoms. The van der Waals surface area contributed by atoms with Gasteiger partial charge in [0.05, 0.1) is 11.6 Å². The molecule has 0 atom stereocenters. The van der Waals surface area contributed by atoms with Crippen molar-refractivity contribution in [1.82, 2.24) is 4.90 Å². The van der Waals surface area contributed by atoms with Gasteiger partial charge in [-0.15, -0.1) is 23.2 Å². The summed E-state index contributed by atoms with van der Waals surface area (Å²) in [5.74, 6) is 1.95. The number of ether oxygens (including phenoxy) is 1.